The number of nitrogens with one attached hydrogen (secondary N) is 1. The zero-order chi connectivity index (χ0) is 8.81. The molecule has 1 aliphatic rings. The Bertz CT molecular complexity index is 144. The van der Waals surface area contributed by atoms with Crippen LogP contribution in [-0.4, -0.2) is 12.5 Å². The molecule has 0 atom stereocenters. The van der Waals surface area contributed by atoms with E-state index in [4.69, 9.17) is 0 Å². The molecule has 0 aromatic rings. The third-order valence-electron chi connectivity index (χ3n) is 2.63. The van der Waals surface area contributed by atoms with E-state index in [2.05, 4.69) is 5.32 Å². The molecule has 72 valence electrons. The highest BCUT2D eigenvalue weighted by Gasteiger charge is 2.15. The Labute approximate surface area is 76.2 Å². The number of carbonyl (C=O) groups is 1. The fraction of sp³-hybridized carbons (Fsp3) is 0.900. The Kier molecular flexibility index (Phi) is 4.12. The minimum absolute atomic E-state index is 0. The maximum Gasteiger partial charge on any atom is 0.219 e. The number of amides is 1. The van der Waals surface area contributed by atoms with Gasteiger partial charge in [-0.15, -0.1) is 0 Å². The van der Waals surface area contributed by atoms with Crippen molar-refractivity contribution >= 4 is 5.91 Å². The quantitative estimate of drug-likeness (QED) is 0.691. The van der Waals surface area contributed by atoms with E-state index in [1.807, 2.05) is 6.92 Å². The summed E-state index contributed by atoms with van der Waals surface area (Å²) in [6.07, 6.45) is 7.28. The average molecular weight is 171 g/mol. The maximum atomic E-state index is 11.1. The molecule has 1 aliphatic carbocycles. The first-order chi connectivity index (χ1) is 5.83. The molecule has 2 heteroatoms. The van der Waals surface area contributed by atoms with Crippen molar-refractivity contribution in [3.05, 3.63) is 0 Å². The molecule has 0 saturated heterocycles. The van der Waals surface area contributed by atoms with Gasteiger partial charge in [0.2, 0.25) is 5.91 Å². The van der Waals surface area contributed by atoms with E-state index >= 15 is 0 Å². The minimum atomic E-state index is 0. The topological polar surface area (TPSA) is 29.1 Å². The molecule has 0 heterocycles. The molecular weight excluding hydrogens is 150 g/mol. The smallest absolute Gasteiger partial charge is 0.219 e. The SMILES string of the molecule is CCNC(=O)CCC1CCCC1.[HH]. The van der Waals surface area contributed by atoms with Crippen molar-refractivity contribution < 1.29 is 6.22 Å². The molecule has 0 radical (unpaired) electrons. The summed E-state index contributed by atoms with van der Waals surface area (Å²) in [6, 6.07) is 0. The molecule has 1 fully saturated rings. The number of hydrogen-bond donors (Lipinski definition) is 1. The van der Waals surface area contributed by atoms with Crippen molar-refractivity contribution in [1.82, 2.24) is 5.32 Å². The summed E-state index contributed by atoms with van der Waals surface area (Å²) in [4.78, 5) is 11.1. The summed E-state index contributed by atoms with van der Waals surface area (Å²) in [5, 5.41) is 2.83. The monoisotopic (exact) mass is 171 g/mol. The van der Waals surface area contributed by atoms with Crippen LogP contribution in [0.4, 0.5) is 0 Å². The van der Waals surface area contributed by atoms with E-state index in [1.165, 1.54) is 25.7 Å². The molecule has 1 rings (SSSR count). The van der Waals surface area contributed by atoms with Gasteiger partial charge >= 0.3 is 0 Å². The van der Waals surface area contributed by atoms with Crippen LogP contribution in [0.25, 0.3) is 0 Å². The van der Waals surface area contributed by atoms with E-state index in [9.17, 15) is 4.79 Å². The maximum absolute atomic E-state index is 11.1. The molecule has 1 amide bonds. The van der Waals surface area contributed by atoms with Crippen LogP contribution in [-0.2, 0) is 4.79 Å². The zero-order valence-electron chi connectivity index (χ0n) is 7.94. The van der Waals surface area contributed by atoms with Crippen LogP contribution < -0.4 is 5.32 Å². The van der Waals surface area contributed by atoms with Gasteiger partial charge < -0.3 is 5.32 Å². The molecule has 2 nitrogen and oxygen atoms in total. The van der Waals surface area contributed by atoms with Crippen molar-refractivity contribution in [2.75, 3.05) is 6.54 Å². The highest BCUT2D eigenvalue weighted by molar-refractivity contribution is 5.75. The molecule has 1 N–H and O–H groups in total. The van der Waals surface area contributed by atoms with Crippen LogP contribution in [0.3, 0.4) is 0 Å². The van der Waals surface area contributed by atoms with Gasteiger partial charge in [0.1, 0.15) is 0 Å². The van der Waals surface area contributed by atoms with E-state index in [0.717, 1.165) is 25.3 Å². The lowest BCUT2D eigenvalue weighted by atomic mass is 10.0. The van der Waals surface area contributed by atoms with E-state index in [0.29, 0.717) is 0 Å². The van der Waals surface area contributed by atoms with Crippen LogP contribution in [0.2, 0.25) is 0 Å². The minimum Gasteiger partial charge on any atom is -0.356 e. The predicted octanol–water partition coefficient (Wildman–Crippen LogP) is 2.34. The third kappa shape index (κ3) is 3.24. The Balaban J connectivity index is 0.00000144. The highest BCUT2D eigenvalue weighted by Crippen LogP contribution is 2.28. The lowest BCUT2D eigenvalue weighted by molar-refractivity contribution is -0.121. The summed E-state index contributed by atoms with van der Waals surface area (Å²) in [6.45, 7) is 2.73. The van der Waals surface area contributed by atoms with E-state index in [-0.39, 0.29) is 7.33 Å². The van der Waals surface area contributed by atoms with Gasteiger partial charge in [0.25, 0.3) is 0 Å². The third-order valence-corrected chi connectivity index (χ3v) is 2.63. The van der Waals surface area contributed by atoms with Crippen LogP contribution in [0.15, 0.2) is 0 Å². The van der Waals surface area contributed by atoms with Crippen LogP contribution in [0.5, 0.6) is 0 Å². The molecule has 12 heavy (non-hydrogen) atoms. The predicted molar refractivity (Wildman–Crippen MR) is 52.0 cm³/mol. The molecule has 1 saturated carbocycles. The lowest BCUT2D eigenvalue weighted by Crippen LogP contribution is -2.22. The Morgan fingerprint density at radius 3 is 2.75 bits per heavy atom. The summed E-state index contributed by atoms with van der Waals surface area (Å²) < 4.78 is 0. The Morgan fingerprint density at radius 1 is 1.50 bits per heavy atom. The van der Waals surface area contributed by atoms with Gasteiger partial charge in [-0.3, -0.25) is 4.79 Å². The fourth-order valence-corrected chi connectivity index (χ4v) is 1.92. The summed E-state index contributed by atoms with van der Waals surface area (Å²) in [5.41, 5.74) is 0. The van der Waals surface area contributed by atoms with E-state index in [1.54, 1.807) is 0 Å². The van der Waals surface area contributed by atoms with Gasteiger partial charge in [0.15, 0.2) is 0 Å². The molecule has 0 bridgehead atoms. The molecule has 0 spiro atoms. The Hall–Kier alpha value is -0.530. The van der Waals surface area contributed by atoms with Crippen molar-refractivity contribution in [2.45, 2.75) is 45.4 Å². The van der Waals surface area contributed by atoms with Crippen molar-refractivity contribution in [3.8, 4) is 0 Å². The van der Waals surface area contributed by atoms with Crippen molar-refractivity contribution in [2.24, 2.45) is 5.92 Å². The number of hydrogen-bond acceptors (Lipinski definition) is 1. The zero-order valence-corrected chi connectivity index (χ0v) is 7.94. The second-order valence-corrected chi connectivity index (χ2v) is 3.64. The lowest BCUT2D eigenvalue weighted by Gasteiger charge is -2.07. The molecule has 0 unspecified atom stereocenters. The summed E-state index contributed by atoms with van der Waals surface area (Å²) >= 11 is 0. The normalized spacial score (nSPS) is 18.1. The molecule has 0 aromatic carbocycles. The van der Waals surface area contributed by atoms with Gasteiger partial charge in [-0.05, 0) is 19.3 Å². The first kappa shape index (κ1) is 9.56. The standard InChI is InChI=1S/C10H19NO.H2/c1-2-11-10(12)8-7-9-5-3-4-6-9;/h9H,2-8H2,1H3,(H,11,12);1H. The van der Waals surface area contributed by atoms with Gasteiger partial charge in [0.05, 0.1) is 0 Å². The average Bonchev–Trinajstić information content (AvgIpc) is 2.53. The second kappa shape index (κ2) is 5.18. The van der Waals surface area contributed by atoms with E-state index < -0.39 is 0 Å². The second-order valence-electron chi connectivity index (χ2n) is 3.64. The van der Waals surface area contributed by atoms with Gasteiger partial charge in [0, 0.05) is 14.4 Å². The van der Waals surface area contributed by atoms with Crippen LogP contribution in [0, 0.1) is 5.92 Å². The molecule has 0 aliphatic heterocycles. The first-order valence-corrected chi connectivity index (χ1v) is 5.09. The summed E-state index contributed by atoms with van der Waals surface area (Å²) in [5.74, 6) is 1.07. The van der Waals surface area contributed by atoms with Crippen molar-refractivity contribution in [1.29, 1.82) is 0 Å². The first-order valence-electron chi connectivity index (χ1n) is 5.09. The van der Waals surface area contributed by atoms with Crippen LogP contribution in [0.1, 0.15) is 46.9 Å². The largest absolute Gasteiger partial charge is 0.356 e. The fourth-order valence-electron chi connectivity index (χ4n) is 1.92. The van der Waals surface area contributed by atoms with Crippen molar-refractivity contribution in [3.63, 3.8) is 0 Å². The van der Waals surface area contributed by atoms with Gasteiger partial charge in [-0.1, -0.05) is 25.7 Å². The number of rotatable bonds is 4. The molecule has 0 aromatic heterocycles. The Morgan fingerprint density at radius 2 is 2.17 bits per heavy atom. The number of carbonyl (C=O) groups excluding carboxylic acids is 1. The van der Waals surface area contributed by atoms with Gasteiger partial charge in [-0.2, -0.15) is 0 Å². The molecular formula is C10H21NO. The highest BCUT2D eigenvalue weighted by atomic mass is 16.1. The van der Waals surface area contributed by atoms with Gasteiger partial charge in [-0.25, -0.2) is 0 Å². The summed E-state index contributed by atoms with van der Waals surface area (Å²) in [7, 11) is 0. The van der Waals surface area contributed by atoms with Crippen LogP contribution >= 0.6 is 0 Å².